The van der Waals surface area contributed by atoms with E-state index in [1.165, 1.54) is 17.4 Å². The van der Waals surface area contributed by atoms with Crippen molar-refractivity contribution in [1.29, 1.82) is 0 Å². The Bertz CT molecular complexity index is 1290. The van der Waals surface area contributed by atoms with Crippen LogP contribution < -0.4 is 5.32 Å². The summed E-state index contributed by atoms with van der Waals surface area (Å²) in [6, 6.07) is 5.80. The summed E-state index contributed by atoms with van der Waals surface area (Å²) in [6.45, 7) is 4.22. The maximum atomic E-state index is 13.8. The molecule has 6 rings (SSSR count). The molecule has 2 saturated heterocycles. The van der Waals surface area contributed by atoms with Crippen LogP contribution in [0.3, 0.4) is 0 Å². The van der Waals surface area contributed by atoms with Crippen LogP contribution >= 0.6 is 11.3 Å². The van der Waals surface area contributed by atoms with Gasteiger partial charge in [-0.3, -0.25) is 4.79 Å². The van der Waals surface area contributed by atoms with E-state index >= 15 is 0 Å². The molecule has 1 aromatic carbocycles. The third-order valence-corrected chi connectivity index (χ3v) is 7.96. The van der Waals surface area contributed by atoms with E-state index in [0.717, 1.165) is 46.2 Å². The number of aryl methyl sites for hydroxylation is 1. The summed E-state index contributed by atoms with van der Waals surface area (Å²) in [7, 11) is 0. The number of nitrogens with zero attached hydrogens (tertiary/aromatic N) is 3. The Kier molecular flexibility index (Phi) is 5.12. The predicted octanol–water partition coefficient (Wildman–Crippen LogP) is 3.87. The Balaban J connectivity index is 1.32. The van der Waals surface area contributed by atoms with Crippen molar-refractivity contribution in [2.45, 2.75) is 31.5 Å². The Morgan fingerprint density at radius 3 is 2.79 bits per heavy atom. The zero-order valence-corrected chi connectivity index (χ0v) is 19.3. The number of benzene rings is 1. The first kappa shape index (κ1) is 21.6. The molecule has 0 radical (unpaired) electrons. The van der Waals surface area contributed by atoms with Gasteiger partial charge in [0.05, 0.1) is 42.0 Å². The molecule has 1 amide bonds. The van der Waals surface area contributed by atoms with Crippen LogP contribution in [-0.2, 0) is 21.6 Å². The van der Waals surface area contributed by atoms with Gasteiger partial charge in [-0.1, -0.05) is 6.07 Å². The van der Waals surface area contributed by atoms with Crippen LogP contribution in [0.5, 0.6) is 0 Å². The highest BCUT2D eigenvalue weighted by molar-refractivity contribution is 7.16. The van der Waals surface area contributed by atoms with Crippen LogP contribution in [-0.4, -0.2) is 53.2 Å². The van der Waals surface area contributed by atoms with Gasteiger partial charge in [-0.15, -0.1) is 11.3 Å². The molecule has 0 aliphatic carbocycles. The van der Waals surface area contributed by atoms with E-state index in [1.807, 2.05) is 13.0 Å². The molecule has 176 valence electrons. The zero-order valence-electron chi connectivity index (χ0n) is 18.4. The van der Waals surface area contributed by atoms with Gasteiger partial charge in [0.2, 0.25) is 5.95 Å². The number of amides is 1. The van der Waals surface area contributed by atoms with Crippen molar-refractivity contribution in [3.63, 3.8) is 0 Å². The van der Waals surface area contributed by atoms with E-state index in [4.69, 9.17) is 14.5 Å². The highest BCUT2D eigenvalue weighted by Crippen LogP contribution is 2.50. The largest absolute Gasteiger partial charge is 0.379 e. The highest BCUT2D eigenvalue weighted by Gasteiger charge is 2.56. The molecule has 3 aliphatic rings. The zero-order chi connectivity index (χ0) is 23.4. The van der Waals surface area contributed by atoms with Crippen LogP contribution in [0.1, 0.15) is 32.8 Å². The molecule has 0 saturated carbocycles. The lowest BCUT2D eigenvalue weighted by Gasteiger charge is -2.45. The first-order valence-electron chi connectivity index (χ1n) is 11.1. The molecule has 34 heavy (non-hydrogen) atoms. The van der Waals surface area contributed by atoms with E-state index in [9.17, 15) is 13.6 Å². The SMILES string of the molecule is Cc1cnc(N[C@H]2CCOC2)nc1-c1cc2c(s1)C1(COC1)N(Cc1ccc(F)c(F)c1)C2=O. The number of fused-ring (bicyclic) bond motifs is 2. The fourth-order valence-corrected chi connectivity index (χ4v) is 6.07. The Morgan fingerprint density at radius 1 is 1.24 bits per heavy atom. The maximum Gasteiger partial charge on any atom is 0.256 e. The number of hydrogen-bond donors (Lipinski definition) is 1. The van der Waals surface area contributed by atoms with Gasteiger partial charge < -0.3 is 19.7 Å². The van der Waals surface area contributed by atoms with Crippen molar-refractivity contribution < 1.29 is 23.0 Å². The maximum absolute atomic E-state index is 13.8. The smallest absolute Gasteiger partial charge is 0.256 e. The second-order valence-corrected chi connectivity index (χ2v) is 10.00. The summed E-state index contributed by atoms with van der Waals surface area (Å²) in [4.78, 5) is 26.1. The number of hydrogen-bond acceptors (Lipinski definition) is 7. The molecule has 0 bridgehead atoms. The van der Waals surface area contributed by atoms with Crippen LogP contribution in [0.4, 0.5) is 14.7 Å². The minimum atomic E-state index is -0.923. The number of carbonyl (C=O) groups is 1. The standard InChI is InChI=1S/C24H22F2N4O3S/c1-13-8-27-23(28-15-4-5-32-10-15)29-20(13)19-7-16-21(34-19)24(11-33-12-24)30(22(16)31)9-14-2-3-17(25)18(26)6-14/h2-3,6-8,15H,4-5,9-12H2,1H3,(H,27,28,29)/t15-/m0/s1. The molecule has 1 spiro atoms. The van der Waals surface area contributed by atoms with Gasteiger partial charge in [0.15, 0.2) is 11.6 Å². The molecule has 1 atom stereocenters. The molecule has 7 nitrogen and oxygen atoms in total. The van der Waals surface area contributed by atoms with E-state index in [1.54, 1.807) is 11.1 Å². The number of aromatic nitrogens is 2. The lowest BCUT2D eigenvalue weighted by molar-refractivity contribution is -0.126. The lowest BCUT2D eigenvalue weighted by Crippen LogP contribution is -2.56. The van der Waals surface area contributed by atoms with Crippen molar-refractivity contribution in [3.8, 4) is 10.6 Å². The Labute approximate surface area is 198 Å². The van der Waals surface area contributed by atoms with Gasteiger partial charge in [-0.2, -0.15) is 0 Å². The van der Waals surface area contributed by atoms with Gasteiger partial charge in [0.1, 0.15) is 5.54 Å². The summed E-state index contributed by atoms with van der Waals surface area (Å²) in [5, 5.41) is 3.32. The molecule has 3 aromatic rings. The molecule has 3 aliphatic heterocycles. The number of halogens is 2. The quantitative estimate of drug-likeness (QED) is 0.593. The van der Waals surface area contributed by atoms with Crippen molar-refractivity contribution in [3.05, 3.63) is 63.7 Å². The first-order chi connectivity index (χ1) is 16.4. The molecule has 2 aromatic heterocycles. The average molecular weight is 485 g/mol. The molecule has 2 fully saturated rings. The van der Waals surface area contributed by atoms with E-state index in [-0.39, 0.29) is 18.5 Å². The molecule has 1 N–H and O–H groups in total. The van der Waals surface area contributed by atoms with Gasteiger partial charge >= 0.3 is 0 Å². The fraction of sp³-hybridized carbons (Fsp3) is 0.375. The number of ether oxygens (including phenoxy) is 2. The van der Waals surface area contributed by atoms with E-state index < -0.39 is 17.2 Å². The van der Waals surface area contributed by atoms with Gasteiger partial charge in [-0.25, -0.2) is 18.7 Å². The number of anilines is 1. The first-order valence-corrected chi connectivity index (χ1v) is 11.9. The molecule has 5 heterocycles. The number of thiophene rings is 1. The van der Waals surface area contributed by atoms with Crippen molar-refractivity contribution in [2.75, 3.05) is 31.7 Å². The van der Waals surface area contributed by atoms with Gasteiger partial charge in [0, 0.05) is 24.2 Å². The summed E-state index contributed by atoms with van der Waals surface area (Å²) >= 11 is 1.53. The summed E-state index contributed by atoms with van der Waals surface area (Å²) in [5.41, 5.74) is 2.25. The topological polar surface area (TPSA) is 76.6 Å². The molecular weight excluding hydrogens is 462 g/mol. The van der Waals surface area contributed by atoms with Crippen molar-refractivity contribution in [2.24, 2.45) is 0 Å². The second kappa shape index (κ2) is 8.07. The van der Waals surface area contributed by atoms with Gasteiger partial charge in [-0.05, 0) is 42.7 Å². The highest BCUT2D eigenvalue weighted by atomic mass is 32.1. The third kappa shape index (κ3) is 3.40. The van der Waals surface area contributed by atoms with E-state index in [0.29, 0.717) is 36.9 Å². The fourth-order valence-electron chi connectivity index (χ4n) is 4.69. The second-order valence-electron chi connectivity index (χ2n) is 8.95. The number of carbonyl (C=O) groups excluding carboxylic acids is 1. The molecule has 0 unspecified atom stereocenters. The molecular formula is C24H22F2N4O3S. The Hall–Kier alpha value is -2.95. The van der Waals surface area contributed by atoms with Crippen LogP contribution in [0.2, 0.25) is 0 Å². The van der Waals surface area contributed by atoms with Crippen LogP contribution in [0, 0.1) is 18.6 Å². The van der Waals surface area contributed by atoms with Crippen molar-refractivity contribution >= 4 is 23.2 Å². The predicted molar refractivity (Wildman–Crippen MR) is 122 cm³/mol. The third-order valence-electron chi connectivity index (χ3n) is 6.62. The lowest BCUT2D eigenvalue weighted by atomic mass is 9.94. The number of rotatable bonds is 5. The summed E-state index contributed by atoms with van der Waals surface area (Å²) in [5.74, 6) is -1.43. The van der Waals surface area contributed by atoms with Crippen molar-refractivity contribution in [1.82, 2.24) is 14.9 Å². The summed E-state index contributed by atoms with van der Waals surface area (Å²) < 4.78 is 38.1. The minimum absolute atomic E-state index is 0.140. The van der Waals surface area contributed by atoms with Crippen LogP contribution in [0.15, 0.2) is 30.5 Å². The molecule has 10 heteroatoms. The van der Waals surface area contributed by atoms with Gasteiger partial charge in [0.25, 0.3) is 5.91 Å². The monoisotopic (exact) mass is 484 g/mol. The van der Waals surface area contributed by atoms with Crippen LogP contribution in [0.25, 0.3) is 10.6 Å². The minimum Gasteiger partial charge on any atom is -0.379 e. The Morgan fingerprint density at radius 2 is 2.09 bits per heavy atom. The average Bonchev–Trinajstić information content (AvgIpc) is 3.50. The van der Waals surface area contributed by atoms with E-state index in [2.05, 4.69) is 10.3 Å². The normalized spacial score (nSPS) is 20.6. The number of nitrogens with one attached hydrogen (secondary N) is 1. The summed E-state index contributed by atoms with van der Waals surface area (Å²) in [6.07, 6.45) is 2.69.